The number of Topliss-reactive ketones (excluding diaryl/α,β-unsaturated/α-hetero) is 2. The van der Waals surface area contributed by atoms with Crippen LogP contribution in [0.3, 0.4) is 0 Å². The molecule has 0 saturated heterocycles. The summed E-state index contributed by atoms with van der Waals surface area (Å²) in [5.41, 5.74) is 11.0. The summed E-state index contributed by atoms with van der Waals surface area (Å²) in [7, 11) is 3.18. The number of aromatic hydroxyl groups is 1. The van der Waals surface area contributed by atoms with Crippen LogP contribution < -0.4 is 11.5 Å². The molecule has 5 rings (SSSR count). The Kier molecular flexibility index (Phi) is 6.17. The molecule has 0 aliphatic heterocycles. The highest BCUT2D eigenvalue weighted by molar-refractivity contribution is 6.25. The zero-order valence-corrected chi connectivity index (χ0v) is 21.9. The molecule has 4 atom stereocenters. The Morgan fingerprint density at radius 1 is 1.13 bits per heavy atom. The number of hydrogen-bond donors (Lipinski definition) is 6. The molecule has 10 heteroatoms. The number of amides is 1. The largest absolute Gasteiger partial charge is 0.510 e. The number of aryl methyl sites for hydroxylation is 1. The van der Waals surface area contributed by atoms with E-state index in [1.807, 2.05) is 31.2 Å². The van der Waals surface area contributed by atoms with Crippen LogP contribution in [0.25, 0.3) is 11.1 Å². The summed E-state index contributed by atoms with van der Waals surface area (Å²) >= 11 is 0. The lowest BCUT2D eigenvalue weighted by molar-refractivity contribution is -0.148. The summed E-state index contributed by atoms with van der Waals surface area (Å²) in [6, 6.07) is 8.39. The fraction of sp³-hybridized carbons (Fsp3) is 0.345. The number of carbonyl (C=O) groups excluding carboxylic acids is 3. The van der Waals surface area contributed by atoms with Gasteiger partial charge in [-0.1, -0.05) is 29.8 Å². The third-order valence-electron chi connectivity index (χ3n) is 8.38. The van der Waals surface area contributed by atoms with Gasteiger partial charge in [0.15, 0.2) is 11.4 Å². The molecule has 0 spiro atoms. The molecule has 0 bridgehead atoms. The SMILES string of the molecule is Cc1ccc(-c2cc(CN)c(O)c3c2CC2CC4C(N(C)C)C(O)=C(C(N)=O)C(=O)C4(O)C(O)=C2C3=O)cc1. The molecule has 8 N–H and O–H groups in total. The van der Waals surface area contributed by atoms with E-state index in [0.29, 0.717) is 16.7 Å². The number of allylic oxidation sites excluding steroid dienone is 1. The highest BCUT2D eigenvalue weighted by Gasteiger charge is 2.63. The number of nitrogens with zero attached hydrogens (tertiary/aromatic N) is 1. The van der Waals surface area contributed by atoms with E-state index in [-0.39, 0.29) is 36.3 Å². The monoisotopic (exact) mass is 533 g/mol. The first-order valence-electron chi connectivity index (χ1n) is 12.6. The number of phenols is 1. The maximum absolute atomic E-state index is 14.0. The standard InChI is InChI=1S/C29H31N3O7/c1-12-4-6-13(7-5-12)16-9-15(11-30)23(33)20-17(16)8-14-10-18-22(32(2)3)25(35)21(28(31)38)27(37)29(18,39)26(36)19(14)24(20)34/h4-7,9,14,18,22,33,35-36,39H,8,10-11,30H2,1-3H3,(H2,31,38). The number of fused-ring (bicyclic) bond motifs is 3. The Morgan fingerprint density at radius 3 is 2.33 bits per heavy atom. The molecule has 3 aliphatic carbocycles. The molecule has 39 heavy (non-hydrogen) atoms. The Bertz CT molecular complexity index is 1510. The molecule has 10 nitrogen and oxygen atoms in total. The molecule has 3 aliphatic rings. The molecule has 4 unspecified atom stereocenters. The summed E-state index contributed by atoms with van der Waals surface area (Å²) in [6.07, 6.45) is 0.231. The Morgan fingerprint density at radius 2 is 1.77 bits per heavy atom. The molecule has 0 saturated carbocycles. The maximum atomic E-state index is 14.0. The van der Waals surface area contributed by atoms with Gasteiger partial charge in [0.05, 0.1) is 11.6 Å². The number of nitrogens with two attached hydrogens (primary N) is 2. The van der Waals surface area contributed by atoms with Crippen LogP contribution in [0.2, 0.25) is 0 Å². The number of phenolic OH excluding ortho intramolecular Hbond substituents is 1. The molecule has 0 aromatic heterocycles. The fourth-order valence-electron chi connectivity index (χ4n) is 6.52. The second kappa shape index (κ2) is 9.04. The number of aliphatic hydroxyl groups excluding tert-OH is 2. The minimum atomic E-state index is -2.68. The average molecular weight is 534 g/mol. The van der Waals surface area contributed by atoms with Crippen molar-refractivity contribution < 1.29 is 34.8 Å². The smallest absolute Gasteiger partial charge is 0.255 e. The van der Waals surface area contributed by atoms with Crippen LogP contribution in [0.5, 0.6) is 5.75 Å². The van der Waals surface area contributed by atoms with Gasteiger partial charge in [0.25, 0.3) is 5.91 Å². The van der Waals surface area contributed by atoms with E-state index in [4.69, 9.17) is 11.5 Å². The van der Waals surface area contributed by atoms with Crippen LogP contribution in [-0.2, 0) is 22.6 Å². The van der Waals surface area contributed by atoms with E-state index >= 15 is 0 Å². The number of ketones is 2. The van der Waals surface area contributed by atoms with E-state index in [2.05, 4.69) is 0 Å². The normalized spacial score (nSPS) is 26.5. The van der Waals surface area contributed by atoms with Gasteiger partial charge in [-0.25, -0.2) is 0 Å². The Labute approximate surface area is 224 Å². The van der Waals surface area contributed by atoms with Crippen LogP contribution in [0.1, 0.15) is 33.5 Å². The first-order valence-corrected chi connectivity index (χ1v) is 12.6. The van der Waals surface area contributed by atoms with Crippen molar-refractivity contribution in [2.45, 2.75) is 38.0 Å². The second-order valence-electron chi connectivity index (χ2n) is 10.8. The average Bonchev–Trinajstić information content (AvgIpc) is 2.86. The van der Waals surface area contributed by atoms with Crippen molar-refractivity contribution in [1.82, 2.24) is 4.90 Å². The van der Waals surface area contributed by atoms with Gasteiger partial charge in [0, 0.05) is 23.6 Å². The van der Waals surface area contributed by atoms with Crippen LogP contribution in [0.4, 0.5) is 0 Å². The number of benzene rings is 2. The van der Waals surface area contributed by atoms with Crippen molar-refractivity contribution in [1.29, 1.82) is 0 Å². The Hall–Kier alpha value is -3.99. The predicted molar refractivity (Wildman–Crippen MR) is 142 cm³/mol. The highest BCUT2D eigenvalue weighted by atomic mass is 16.3. The summed E-state index contributed by atoms with van der Waals surface area (Å²) in [6.45, 7) is 1.90. The first-order chi connectivity index (χ1) is 18.3. The number of aliphatic hydroxyl groups is 3. The number of likely N-dealkylation sites (N-methyl/N-ethyl adjacent to an activating group) is 1. The van der Waals surface area contributed by atoms with Crippen LogP contribution in [-0.4, -0.2) is 68.5 Å². The third kappa shape index (κ3) is 3.63. The molecular formula is C29H31N3O7. The number of hydrogen-bond acceptors (Lipinski definition) is 9. The van der Waals surface area contributed by atoms with Crippen LogP contribution in [0.15, 0.2) is 53.0 Å². The minimum Gasteiger partial charge on any atom is -0.510 e. The molecule has 2 aromatic rings. The van der Waals surface area contributed by atoms with Crippen LogP contribution >= 0.6 is 0 Å². The molecule has 1 amide bonds. The van der Waals surface area contributed by atoms with Crippen LogP contribution in [0, 0.1) is 18.8 Å². The molecule has 0 heterocycles. The maximum Gasteiger partial charge on any atom is 0.255 e. The van der Waals surface area contributed by atoms with Gasteiger partial charge in [-0.15, -0.1) is 0 Å². The predicted octanol–water partition coefficient (Wildman–Crippen LogP) is 1.55. The van der Waals surface area contributed by atoms with Crippen molar-refractivity contribution in [2.75, 3.05) is 14.1 Å². The van der Waals surface area contributed by atoms with Crippen molar-refractivity contribution in [3.05, 3.63) is 75.3 Å². The quantitative estimate of drug-likeness (QED) is 0.317. The summed E-state index contributed by atoms with van der Waals surface area (Å²) in [4.78, 5) is 41.1. The van der Waals surface area contributed by atoms with Gasteiger partial charge in [0.1, 0.15) is 22.8 Å². The number of carbonyl (C=O) groups is 3. The molecular weight excluding hydrogens is 502 g/mol. The zero-order chi connectivity index (χ0) is 28.5. The van der Waals surface area contributed by atoms with Gasteiger partial charge in [-0.05, 0) is 62.5 Å². The molecule has 204 valence electrons. The van der Waals surface area contributed by atoms with Crippen molar-refractivity contribution >= 4 is 17.5 Å². The number of primary amides is 1. The summed E-state index contributed by atoms with van der Waals surface area (Å²) < 4.78 is 0. The van der Waals surface area contributed by atoms with E-state index < -0.39 is 58.0 Å². The first kappa shape index (κ1) is 26.6. The van der Waals surface area contributed by atoms with Crippen molar-refractivity contribution in [3.63, 3.8) is 0 Å². The lowest BCUT2D eigenvalue weighted by Crippen LogP contribution is -2.63. The van der Waals surface area contributed by atoms with Gasteiger partial charge in [0.2, 0.25) is 5.78 Å². The molecule has 2 aromatic carbocycles. The van der Waals surface area contributed by atoms with E-state index in [1.54, 1.807) is 20.2 Å². The van der Waals surface area contributed by atoms with E-state index in [1.165, 1.54) is 4.90 Å². The van der Waals surface area contributed by atoms with Gasteiger partial charge >= 0.3 is 0 Å². The topological polar surface area (TPSA) is 187 Å². The molecule has 0 radical (unpaired) electrons. The van der Waals surface area contributed by atoms with Gasteiger partial charge in [-0.2, -0.15) is 0 Å². The van der Waals surface area contributed by atoms with Gasteiger partial charge in [-0.3, -0.25) is 19.3 Å². The lowest BCUT2D eigenvalue weighted by atomic mass is 9.58. The fourth-order valence-corrected chi connectivity index (χ4v) is 6.52. The second-order valence-corrected chi connectivity index (χ2v) is 10.8. The van der Waals surface area contributed by atoms with E-state index in [9.17, 15) is 34.8 Å². The highest BCUT2D eigenvalue weighted by Crippen LogP contribution is 2.53. The molecule has 0 fully saturated rings. The van der Waals surface area contributed by atoms with Crippen molar-refractivity contribution in [3.8, 4) is 16.9 Å². The van der Waals surface area contributed by atoms with Crippen molar-refractivity contribution in [2.24, 2.45) is 23.3 Å². The lowest BCUT2D eigenvalue weighted by Gasteiger charge is -2.50. The Balaban J connectivity index is 1.76. The zero-order valence-electron chi connectivity index (χ0n) is 21.9. The summed E-state index contributed by atoms with van der Waals surface area (Å²) in [5.74, 6) is -6.80. The minimum absolute atomic E-state index is 0.0263. The van der Waals surface area contributed by atoms with Gasteiger partial charge < -0.3 is 31.9 Å². The third-order valence-corrected chi connectivity index (χ3v) is 8.38. The van der Waals surface area contributed by atoms with E-state index in [0.717, 1.165) is 11.1 Å². The number of rotatable bonds is 4. The summed E-state index contributed by atoms with van der Waals surface area (Å²) in [5, 5.41) is 45.2.